The monoisotopic (exact) mass is 375 g/mol. The number of urea groups is 1. The zero-order valence-corrected chi connectivity index (χ0v) is 16.2. The van der Waals surface area contributed by atoms with E-state index in [9.17, 15) is 14.0 Å². The number of unbranched alkanes of at least 4 members (excludes halogenated alkanes) is 1. The van der Waals surface area contributed by atoms with Gasteiger partial charge in [-0.3, -0.25) is 4.79 Å². The maximum absolute atomic E-state index is 13.3. The highest BCUT2D eigenvalue weighted by Crippen LogP contribution is 2.39. The number of nitrogens with one attached hydrogen (secondary N) is 1. The van der Waals surface area contributed by atoms with Crippen LogP contribution in [0.3, 0.4) is 0 Å². The van der Waals surface area contributed by atoms with Gasteiger partial charge in [0.2, 0.25) is 5.91 Å². The Morgan fingerprint density at radius 1 is 1.30 bits per heavy atom. The summed E-state index contributed by atoms with van der Waals surface area (Å²) in [5.74, 6) is -0.0422. The Labute approximate surface area is 160 Å². The lowest BCUT2D eigenvalue weighted by Crippen LogP contribution is -2.56. The Balaban J connectivity index is 1.58. The van der Waals surface area contributed by atoms with Crippen molar-refractivity contribution in [3.63, 3.8) is 0 Å². The fourth-order valence-electron chi connectivity index (χ4n) is 4.31. The molecule has 1 aromatic carbocycles. The summed E-state index contributed by atoms with van der Waals surface area (Å²) in [6.07, 6.45) is 5.58. The predicted molar refractivity (Wildman–Crippen MR) is 103 cm³/mol. The number of likely N-dealkylation sites (tertiary alicyclic amines) is 2. The highest BCUT2D eigenvalue weighted by atomic mass is 19.1. The van der Waals surface area contributed by atoms with Crippen molar-refractivity contribution in [2.24, 2.45) is 5.41 Å². The molecule has 1 aromatic rings. The summed E-state index contributed by atoms with van der Waals surface area (Å²) in [4.78, 5) is 28.7. The van der Waals surface area contributed by atoms with Crippen LogP contribution in [0.2, 0.25) is 0 Å². The third-order valence-corrected chi connectivity index (χ3v) is 5.81. The highest BCUT2D eigenvalue weighted by molar-refractivity contribution is 5.77. The first-order valence-corrected chi connectivity index (χ1v) is 10.1. The zero-order chi connectivity index (χ0) is 19.3. The fourth-order valence-corrected chi connectivity index (χ4v) is 4.31. The van der Waals surface area contributed by atoms with Gasteiger partial charge in [-0.2, -0.15) is 0 Å². The van der Waals surface area contributed by atoms with E-state index in [1.165, 1.54) is 12.1 Å². The third-order valence-electron chi connectivity index (χ3n) is 5.81. The van der Waals surface area contributed by atoms with Crippen LogP contribution in [0.5, 0.6) is 0 Å². The molecule has 3 rings (SSSR count). The number of piperidine rings is 2. The Bertz CT molecular complexity index is 681. The van der Waals surface area contributed by atoms with Gasteiger partial charge in [-0.15, -0.1) is 0 Å². The second-order valence-corrected chi connectivity index (χ2v) is 7.98. The van der Waals surface area contributed by atoms with Gasteiger partial charge < -0.3 is 15.1 Å². The third kappa shape index (κ3) is 4.99. The summed E-state index contributed by atoms with van der Waals surface area (Å²) in [6.45, 7) is 5.47. The van der Waals surface area contributed by atoms with E-state index in [-0.39, 0.29) is 23.2 Å². The number of carbonyl (C=O) groups excluding carboxylic acids is 2. The van der Waals surface area contributed by atoms with E-state index >= 15 is 0 Å². The molecule has 2 aliphatic heterocycles. The first-order chi connectivity index (χ1) is 13.0. The number of halogens is 1. The second-order valence-electron chi connectivity index (χ2n) is 7.98. The second kappa shape index (κ2) is 8.72. The quantitative estimate of drug-likeness (QED) is 0.856. The van der Waals surface area contributed by atoms with Gasteiger partial charge in [0.15, 0.2) is 0 Å². The average Bonchev–Trinajstić information content (AvgIpc) is 2.67. The molecule has 1 atom stereocenters. The van der Waals surface area contributed by atoms with Crippen LogP contribution in [0, 0.1) is 11.2 Å². The topological polar surface area (TPSA) is 52.6 Å². The molecule has 3 amide bonds. The maximum Gasteiger partial charge on any atom is 0.317 e. The van der Waals surface area contributed by atoms with Crippen molar-refractivity contribution >= 4 is 11.9 Å². The molecule has 2 fully saturated rings. The summed E-state index contributed by atoms with van der Waals surface area (Å²) in [6, 6.07) is 6.19. The SMILES string of the molecule is CCCCN1C[C@@]2(CCCN(C(=O)NCc3cccc(F)c3)C2)CCC1=O. The van der Waals surface area contributed by atoms with Gasteiger partial charge in [0, 0.05) is 44.6 Å². The fraction of sp³-hybridized carbons (Fsp3) is 0.619. The van der Waals surface area contributed by atoms with Gasteiger partial charge in [-0.1, -0.05) is 25.5 Å². The van der Waals surface area contributed by atoms with Crippen molar-refractivity contribution in [2.45, 2.75) is 52.0 Å². The normalized spacial score (nSPS) is 23.0. The van der Waals surface area contributed by atoms with Crippen LogP contribution in [0.4, 0.5) is 9.18 Å². The zero-order valence-electron chi connectivity index (χ0n) is 16.2. The molecule has 2 aliphatic rings. The summed E-state index contributed by atoms with van der Waals surface area (Å²) in [5.41, 5.74) is 0.778. The number of nitrogens with zero attached hydrogens (tertiary/aromatic N) is 2. The first-order valence-electron chi connectivity index (χ1n) is 10.1. The summed E-state index contributed by atoms with van der Waals surface area (Å²) in [5, 5.41) is 2.91. The molecular formula is C21H30FN3O2. The smallest absolute Gasteiger partial charge is 0.317 e. The summed E-state index contributed by atoms with van der Waals surface area (Å²) < 4.78 is 13.3. The highest BCUT2D eigenvalue weighted by Gasteiger charge is 2.42. The Kier molecular flexibility index (Phi) is 6.34. The van der Waals surface area contributed by atoms with E-state index in [0.717, 1.165) is 57.3 Å². The van der Waals surface area contributed by atoms with Crippen LogP contribution >= 0.6 is 0 Å². The molecule has 1 N–H and O–H groups in total. The lowest BCUT2D eigenvalue weighted by Gasteiger charge is -2.48. The van der Waals surface area contributed by atoms with Gasteiger partial charge in [0.25, 0.3) is 0 Å². The van der Waals surface area contributed by atoms with Crippen molar-refractivity contribution < 1.29 is 14.0 Å². The molecule has 1 spiro atoms. The maximum atomic E-state index is 13.3. The molecule has 0 unspecified atom stereocenters. The number of amides is 3. The minimum absolute atomic E-state index is 0.0239. The van der Waals surface area contributed by atoms with Gasteiger partial charge in [0.05, 0.1) is 0 Å². The van der Waals surface area contributed by atoms with Crippen LogP contribution < -0.4 is 5.32 Å². The van der Waals surface area contributed by atoms with Crippen LogP contribution in [-0.2, 0) is 11.3 Å². The molecule has 0 saturated carbocycles. The number of rotatable bonds is 5. The van der Waals surface area contributed by atoms with E-state index in [0.29, 0.717) is 19.5 Å². The van der Waals surface area contributed by atoms with Gasteiger partial charge >= 0.3 is 6.03 Å². The molecule has 2 saturated heterocycles. The molecule has 0 bridgehead atoms. The molecule has 0 aromatic heterocycles. The molecule has 2 heterocycles. The number of carbonyl (C=O) groups is 2. The average molecular weight is 375 g/mol. The van der Waals surface area contributed by atoms with Crippen LogP contribution in [-0.4, -0.2) is 47.9 Å². The van der Waals surface area contributed by atoms with Crippen molar-refractivity contribution in [2.75, 3.05) is 26.2 Å². The molecule has 0 radical (unpaired) electrons. The van der Waals surface area contributed by atoms with Gasteiger partial charge in [0.1, 0.15) is 5.82 Å². The molecule has 148 valence electrons. The Morgan fingerprint density at radius 3 is 2.93 bits per heavy atom. The first kappa shape index (κ1) is 19.6. The number of benzene rings is 1. The number of hydrogen-bond acceptors (Lipinski definition) is 2. The minimum atomic E-state index is -0.294. The summed E-state index contributed by atoms with van der Waals surface area (Å²) in [7, 11) is 0. The van der Waals surface area contributed by atoms with Gasteiger partial charge in [-0.25, -0.2) is 9.18 Å². The van der Waals surface area contributed by atoms with Crippen LogP contribution in [0.15, 0.2) is 24.3 Å². The van der Waals surface area contributed by atoms with Crippen molar-refractivity contribution in [3.8, 4) is 0 Å². The van der Waals surface area contributed by atoms with E-state index in [1.807, 2.05) is 9.80 Å². The van der Waals surface area contributed by atoms with Crippen LogP contribution in [0.1, 0.15) is 51.0 Å². The molecule has 0 aliphatic carbocycles. The lowest BCUT2D eigenvalue weighted by molar-refractivity contribution is -0.139. The Hall–Kier alpha value is -2.11. The van der Waals surface area contributed by atoms with Crippen molar-refractivity contribution in [1.29, 1.82) is 0 Å². The molecular weight excluding hydrogens is 345 g/mol. The van der Waals surface area contributed by atoms with E-state index in [1.54, 1.807) is 12.1 Å². The predicted octanol–water partition coefficient (Wildman–Crippen LogP) is 3.54. The number of hydrogen-bond donors (Lipinski definition) is 1. The standard InChI is InChI=1S/C21H30FN3O2/c1-2-3-11-24-15-21(10-8-19(24)26)9-5-12-25(16-21)20(27)23-14-17-6-4-7-18(22)13-17/h4,6-7,13H,2-3,5,8-12,14-16H2,1H3,(H,23,27)/t21-/m1/s1. The van der Waals surface area contributed by atoms with Crippen LogP contribution in [0.25, 0.3) is 0 Å². The minimum Gasteiger partial charge on any atom is -0.342 e. The Morgan fingerprint density at radius 2 is 2.15 bits per heavy atom. The molecule has 5 nitrogen and oxygen atoms in total. The largest absolute Gasteiger partial charge is 0.342 e. The van der Waals surface area contributed by atoms with E-state index in [4.69, 9.17) is 0 Å². The van der Waals surface area contributed by atoms with E-state index in [2.05, 4.69) is 12.2 Å². The van der Waals surface area contributed by atoms with Crippen molar-refractivity contribution in [1.82, 2.24) is 15.1 Å². The van der Waals surface area contributed by atoms with Gasteiger partial charge in [-0.05, 0) is 43.4 Å². The molecule has 27 heavy (non-hydrogen) atoms. The lowest BCUT2D eigenvalue weighted by atomic mass is 9.73. The van der Waals surface area contributed by atoms with Crippen molar-refractivity contribution in [3.05, 3.63) is 35.6 Å². The van der Waals surface area contributed by atoms with E-state index < -0.39 is 0 Å². The molecule has 6 heteroatoms. The summed E-state index contributed by atoms with van der Waals surface area (Å²) >= 11 is 0.